The Labute approximate surface area is 101 Å². The van der Waals surface area contributed by atoms with Gasteiger partial charge in [0.25, 0.3) is 5.91 Å². The number of hydrogen-bond donors (Lipinski definition) is 1. The summed E-state index contributed by atoms with van der Waals surface area (Å²) >= 11 is 0. The molecule has 0 saturated heterocycles. The van der Waals surface area contributed by atoms with E-state index in [-0.39, 0.29) is 11.7 Å². The number of hydrogen-bond acceptors (Lipinski definition) is 2. The van der Waals surface area contributed by atoms with E-state index in [4.69, 9.17) is 5.73 Å². The molecule has 0 spiro atoms. The van der Waals surface area contributed by atoms with E-state index in [2.05, 4.69) is 0 Å². The van der Waals surface area contributed by atoms with E-state index in [1.54, 1.807) is 24.1 Å². The van der Waals surface area contributed by atoms with Crippen LogP contribution in [-0.2, 0) is 0 Å². The first-order valence-electron chi connectivity index (χ1n) is 5.86. The summed E-state index contributed by atoms with van der Waals surface area (Å²) < 4.78 is 13.0. The molecule has 1 aromatic rings. The lowest BCUT2D eigenvalue weighted by Gasteiger charge is -2.17. The smallest absolute Gasteiger partial charge is 0.253 e. The Kier molecular flexibility index (Phi) is 5.63. The maximum absolute atomic E-state index is 13.0. The van der Waals surface area contributed by atoms with E-state index in [0.717, 1.165) is 19.3 Å². The van der Waals surface area contributed by atoms with Gasteiger partial charge >= 0.3 is 0 Å². The van der Waals surface area contributed by atoms with Crippen LogP contribution in [0.4, 0.5) is 4.39 Å². The molecule has 0 unspecified atom stereocenters. The van der Waals surface area contributed by atoms with Crippen molar-refractivity contribution >= 4 is 5.91 Å². The van der Waals surface area contributed by atoms with Crippen LogP contribution in [0.15, 0.2) is 24.3 Å². The Balaban J connectivity index is 2.46. The Morgan fingerprint density at radius 2 is 2.12 bits per heavy atom. The molecule has 0 aliphatic rings. The summed E-state index contributed by atoms with van der Waals surface area (Å²) in [7, 11) is 1.73. The Morgan fingerprint density at radius 3 is 2.76 bits per heavy atom. The maximum Gasteiger partial charge on any atom is 0.253 e. The van der Waals surface area contributed by atoms with Crippen molar-refractivity contribution < 1.29 is 9.18 Å². The normalized spacial score (nSPS) is 10.3. The van der Waals surface area contributed by atoms with Gasteiger partial charge in [-0.15, -0.1) is 0 Å². The topological polar surface area (TPSA) is 46.3 Å². The fraction of sp³-hybridized carbons (Fsp3) is 0.462. The first kappa shape index (κ1) is 13.6. The number of nitrogens with two attached hydrogens (primary N) is 1. The highest BCUT2D eigenvalue weighted by molar-refractivity contribution is 5.94. The van der Waals surface area contributed by atoms with Gasteiger partial charge in [0.2, 0.25) is 0 Å². The molecule has 2 N–H and O–H groups in total. The molecule has 0 aliphatic heterocycles. The fourth-order valence-corrected chi connectivity index (χ4v) is 1.61. The van der Waals surface area contributed by atoms with Gasteiger partial charge in [0, 0.05) is 19.2 Å². The third-order valence-corrected chi connectivity index (χ3v) is 2.62. The molecule has 0 bridgehead atoms. The van der Waals surface area contributed by atoms with Gasteiger partial charge in [-0.25, -0.2) is 4.39 Å². The average Bonchev–Trinajstić information content (AvgIpc) is 2.33. The van der Waals surface area contributed by atoms with Gasteiger partial charge in [-0.2, -0.15) is 0 Å². The zero-order valence-corrected chi connectivity index (χ0v) is 10.2. The maximum atomic E-state index is 13.0. The van der Waals surface area contributed by atoms with E-state index >= 15 is 0 Å². The van der Waals surface area contributed by atoms with Gasteiger partial charge in [0.15, 0.2) is 0 Å². The number of unbranched alkanes of at least 4 members (excludes halogenated alkanes) is 2. The third-order valence-electron chi connectivity index (χ3n) is 2.62. The van der Waals surface area contributed by atoms with Gasteiger partial charge in [-0.1, -0.05) is 12.5 Å². The van der Waals surface area contributed by atoms with E-state index in [1.807, 2.05) is 0 Å². The van der Waals surface area contributed by atoms with Crippen molar-refractivity contribution in [3.05, 3.63) is 35.6 Å². The molecule has 17 heavy (non-hydrogen) atoms. The molecule has 0 fully saturated rings. The van der Waals surface area contributed by atoms with E-state index in [1.165, 1.54) is 12.1 Å². The number of benzene rings is 1. The van der Waals surface area contributed by atoms with Crippen molar-refractivity contribution in [2.75, 3.05) is 20.1 Å². The van der Waals surface area contributed by atoms with Crippen LogP contribution in [0.3, 0.4) is 0 Å². The lowest BCUT2D eigenvalue weighted by atomic mass is 10.2. The second-order valence-corrected chi connectivity index (χ2v) is 4.09. The SMILES string of the molecule is CN(CCCCCN)C(=O)c1cccc(F)c1. The minimum Gasteiger partial charge on any atom is -0.342 e. The molecule has 4 heteroatoms. The van der Waals surface area contributed by atoms with Crippen LogP contribution < -0.4 is 5.73 Å². The lowest BCUT2D eigenvalue weighted by Crippen LogP contribution is -2.27. The predicted octanol–water partition coefficient (Wildman–Crippen LogP) is 2.03. The monoisotopic (exact) mass is 238 g/mol. The molecule has 94 valence electrons. The molecule has 3 nitrogen and oxygen atoms in total. The number of rotatable bonds is 6. The van der Waals surface area contributed by atoms with Crippen LogP contribution in [0.1, 0.15) is 29.6 Å². The van der Waals surface area contributed by atoms with Gasteiger partial charge in [-0.3, -0.25) is 4.79 Å². The molecule has 1 rings (SSSR count). The number of halogens is 1. The molecule has 0 atom stereocenters. The molecule has 0 aliphatic carbocycles. The highest BCUT2D eigenvalue weighted by Crippen LogP contribution is 2.07. The minimum absolute atomic E-state index is 0.141. The van der Waals surface area contributed by atoms with Crippen molar-refractivity contribution in [3.8, 4) is 0 Å². The lowest BCUT2D eigenvalue weighted by molar-refractivity contribution is 0.0792. The van der Waals surface area contributed by atoms with Crippen molar-refractivity contribution in [2.45, 2.75) is 19.3 Å². The fourth-order valence-electron chi connectivity index (χ4n) is 1.61. The molecule has 0 heterocycles. The highest BCUT2D eigenvalue weighted by Gasteiger charge is 2.11. The molecule has 0 radical (unpaired) electrons. The van der Waals surface area contributed by atoms with Gasteiger partial charge in [0.05, 0.1) is 0 Å². The molecular weight excluding hydrogens is 219 g/mol. The van der Waals surface area contributed by atoms with Crippen LogP contribution in [0.2, 0.25) is 0 Å². The molecule has 1 aromatic carbocycles. The zero-order chi connectivity index (χ0) is 12.7. The van der Waals surface area contributed by atoms with Crippen LogP contribution in [0.25, 0.3) is 0 Å². The second kappa shape index (κ2) is 7.01. The molecule has 1 amide bonds. The van der Waals surface area contributed by atoms with Crippen molar-refractivity contribution in [1.82, 2.24) is 4.90 Å². The van der Waals surface area contributed by atoms with Crippen LogP contribution in [0.5, 0.6) is 0 Å². The largest absolute Gasteiger partial charge is 0.342 e. The van der Waals surface area contributed by atoms with Crippen LogP contribution >= 0.6 is 0 Å². The zero-order valence-electron chi connectivity index (χ0n) is 10.2. The van der Waals surface area contributed by atoms with Crippen molar-refractivity contribution in [2.24, 2.45) is 5.73 Å². The number of amides is 1. The number of carbonyl (C=O) groups excluding carboxylic acids is 1. The van der Waals surface area contributed by atoms with E-state index in [9.17, 15) is 9.18 Å². The van der Waals surface area contributed by atoms with Crippen LogP contribution in [-0.4, -0.2) is 30.9 Å². The van der Waals surface area contributed by atoms with Crippen molar-refractivity contribution in [3.63, 3.8) is 0 Å². The highest BCUT2D eigenvalue weighted by atomic mass is 19.1. The number of nitrogens with zero attached hydrogens (tertiary/aromatic N) is 1. The minimum atomic E-state index is -0.382. The third kappa shape index (κ3) is 4.53. The van der Waals surface area contributed by atoms with Gasteiger partial charge < -0.3 is 10.6 Å². The summed E-state index contributed by atoms with van der Waals surface area (Å²) in [5, 5.41) is 0. The number of carbonyl (C=O) groups is 1. The Morgan fingerprint density at radius 1 is 1.35 bits per heavy atom. The van der Waals surface area contributed by atoms with Crippen LogP contribution in [0, 0.1) is 5.82 Å². The van der Waals surface area contributed by atoms with Gasteiger partial charge in [0.1, 0.15) is 5.82 Å². The predicted molar refractivity (Wildman–Crippen MR) is 66.3 cm³/mol. The van der Waals surface area contributed by atoms with Crippen molar-refractivity contribution in [1.29, 1.82) is 0 Å². The summed E-state index contributed by atoms with van der Waals surface area (Å²) in [6, 6.07) is 5.77. The Hall–Kier alpha value is -1.42. The molecule has 0 aromatic heterocycles. The van der Waals surface area contributed by atoms with E-state index in [0.29, 0.717) is 18.7 Å². The summed E-state index contributed by atoms with van der Waals surface area (Å²) in [6.07, 6.45) is 2.91. The standard InChI is InChI=1S/C13H19FN2O/c1-16(9-4-2-3-8-15)13(17)11-6-5-7-12(14)10-11/h5-7,10H,2-4,8-9,15H2,1H3. The summed E-state index contributed by atoms with van der Waals surface area (Å²) in [6.45, 7) is 1.36. The Bertz CT molecular complexity index is 368. The summed E-state index contributed by atoms with van der Waals surface area (Å²) in [5.41, 5.74) is 5.79. The van der Waals surface area contributed by atoms with Gasteiger partial charge in [-0.05, 0) is 37.6 Å². The van der Waals surface area contributed by atoms with E-state index < -0.39 is 0 Å². The average molecular weight is 238 g/mol. The quantitative estimate of drug-likeness (QED) is 0.771. The summed E-state index contributed by atoms with van der Waals surface area (Å²) in [4.78, 5) is 13.5. The molecule has 0 saturated carbocycles. The second-order valence-electron chi connectivity index (χ2n) is 4.09. The summed E-state index contributed by atoms with van der Waals surface area (Å²) in [5.74, 6) is -0.523. The first-order valence-corrected chi connectivity index (χ1v) is 5.86. The molecular formula is C13H19FN2O. The first-order chi connectivity index (χ1) is 8.15.